The zero-order valence-electron chi connectivity index (χ0n) is 16.1. The second-order valence-electron chi connectivity index (χ2n) is 6.25. The molecule has 2 aromatic carbocycles. The van der Waals surface area contributed by atoms with Crippen LogP contribution in [0.15, 0.2) is 47.4 Å². The summed E-state index contributed by atoms with van der Waals surface area (Å²) in [6.45, 7) is -0.678. The Labute approximate surface area is 181 Å². The molecule has 0 fully saturated rings. The topological polar surface area (TPSA) is 102 Å². The molecule has 0 spiro atoms. The first kappa shape index (κ1) is 24.6. The van der Waals surface area contributed by atoms with Crippen LogP contribution in [0.1, 0.15) is 17.5 Å². The SMILES string of the molecule is CNS(=O)(=O)c1ccc(CCC(=O)OCC(=O)Nc2ccc(Cl)c(C(F)(F)F)c2)cc1. The van der Waals surface area contributed by atoms with E-state index in [0.29, 0.717) is 11.6 Å². The molecule has 31 heavy (non-hydrogen) atoms. The van der Waals surface area contributed by atoms with Gasteiger partial charge in [0.15, 0.2) is 6.61 Å². The summed E-state index contributed by atoms with van der Waals surface area (Å²) in [5, 5.41) is 1.69. The summed E-state index contributed by atoms with van der Waals surface area (Å²) in [7, 11) is -2.27. The first-order valence-corrected chi connectivity index (χ1v) is 10.6. The molecule has 2 aromatic rings. The number of hydrogen-bond acceptors (Lipinski definition) is 5. The minimum atomic E-state index is -4.68. The standard InChI is InChI=1S/C19H18ClF3N2O5S/c1-24-31(28,29)14-6-2-12(3-7-14)4-9-18(27)30-11-17(26)25-13-5-8-16(20)15(10-13)19(21,22)23/h2-3,5-8,10,24H,4,9,11H2,1H3,(H,25,26). The van der Waals surface area contributed by atoms with Crippen LogP contribution in [0, 0.1) is 0 Å². The number of rotatable bonds is 8. The highest BCUT2D eigenvalue weighted by atomic mass is 35.5. The van der Waals surface area contributed by atoms with Crippen LogP contribution < -0.4 is 10.0 Å². The number of carbonyl (C=O) groups is 2. The zero-order valence-corrected chi connectivity index (χ0v) is 17.7. The lowest BCUT2D eigenvalue weighted by molar-refractivity contribution is -0.147. The molecule has 12 heteroatoms. The van der Waals surface area contributed by atoms with Crippen molar-refractivity contribution in [2.24, 2.45) is 0 Å². The van der Waals surface area contributed by atoms with Crippen LogP contribution in [-0.4, -0.2) is 33.9 Å². The molecule has 0 radical (unpaired) electrons. The van der Waals surface area contributed by atoms with Gasteiger partial charge in [-0.1, -0.05) is 23.7 Å². The number of carbonyl (C=O) groups excluding carboxylic acids is 2. The van der Waals surface area contributed by atoms with Crippen LogP contribution in [0.5, 0.6) is 0 Å². The number of amides is 1. The fourth-order valence-electron chi connectivity index (χ4n) is 2.44. The maximum Gasteiger partial charge on any atom is 0.417 e. The van der Waals surface area contributed by atoms with Gasteiger partial charge in [-0.3, -0.25) is 9.59 Å². The Kier molecular flexibility index (Phi) is 8.04. The molecule has 0 aliphatic carbocycles. The van der Waals surface area contributed by atoms with Crippen molar-refractivity contribution in [3.05, 3.63) is 58.6 Å². The third kappa shape index (κ3) is 7.23. The van der Waals surface area contributed by atoms with Crippen molar-refractivity contribution in [1.82, 2.24) is 4.72 Å². The number of nitrogens with one attached hydrogen (secondary N) is 2. The molecule has 168 valence electrons. The van der Waals surface area contributed by atoms with E-state index in [4.69, 9.17) is 16.3 Å². The summed E-state index contributed by atoms with van der Waals surface area (Å²) in [5.74, 6) is -1.51. The number of halogens is 4. The molecule has 0 atom stereocenters. The van der Waals surface area contributed by atoms with Crippen LogP contribution in [0.3, 0.4) is 0 Å². The Morgan fingerprint density at radius 2 is 1.74 bits per heavy atom. The van der Waals surface area contributed by atoms with Crippen molar-refractivity contribution in [3.8, 4) is 0 Å². The van der Waals surface area contributed by atoms with Crippen LogP contribution in [0.2, 0.25) is 5.02 Å². The highest BCUT2D eigenvalue weighted by Crippen LogP contribution is 2.36. The van der Waals surface area contributed by atoms with Crippen molar-refractivity contribution in [3.63, 3.8) is 0 Å². The van der Waals surface area contributed by atoms with E-state index in [1.54, 1.807) is 12.1 Å². The van der Waals surface area contributed by atoms with Crippen LogP contribution in [0.4, 0.5) is 18.9 Å². The van der Waals surface area contributed by atoms with E-state index in [0.717, 1.165) is 6.07 Å². The van der Waals surface area contributed by atoms with Crippen molar-refractivity contribution >= 4 is 39.2 Å². The quantitative estimate of drug-likeness (QED) is 0.566. The normalized spacial score (nSPS) is 11.8. The van der Waals surface area contributed by atoms with Gasteiger partial charge in [0.1, 0.15) is 0 Å². The largest absolute Gasteiger partial charge is 0.456 e. The number of anilines is 1. The van der Waals surface area contributed by atoms with Crippen molar-refractivity contribution in [2.45, 2.75) is 23.9 Å². The lowest BCUT2D eigenvalue weighted by Crippen LogP contribution is -2.21. The second-order valence-corrected chi connectivity index (χ2v) is 8.55. The summed E-state index contributed by atoms with van der Waals surface area (Å²) < 4.78 is 68.8. The average Bonchev–Trinajstić information content (AvgIpc) is 2.71. The maximum atomic E-state index is 12.8. The fraction of sp³-hybridized carbons (Fsp3) is 0.263. The Balaban J connectivity index is 1.83. The summed E-state index contributed by atoms with van der Waals surface area (Å²) >= 11 is 5.51. The molecule has 2 N–H and O–H groups in total. The summed E-state index contributed by atoms with van der Waals surface area (Å²) in [5.41, 5.74) is -0.566. The molecule has 7 nitrogen and oxygen atoms in total. The molecule has 2 rings (SSSR count). The van der Waals surface area contributed by atoms with Crippen molar-refractivity contribution < 1.29 is 35.9 Å². The lowest BCUT2D eigenvalue weighted by atomic mass is 10.1. The van der Waals surface area contributed by atoms with Gasteiger partial charge in [-0.15, -0.1) is 0 Å². The Bertz CT molecular complexity index is 1060. The van der Waals surface area contributed by atoms with Crippen molar-refractivity contribution in [2.75, 3.05) is 19.0 Å². The molecule has 1 amide bonds. The zero-order chi connectivity index (χ0) is 23.2. The van der Waals surface area contributed by atoms with Gasteiger partial charge in [-0.25, -0.2) is 13.1 Å². The van der Waals surface area contributed by atoms with E-state index in [1.165, 1.54) is 25.2 Å². The summed E-state index contributed by atoms with van der Waals surface area (Å²) in [6, 6.07) is 8.74. The first-order chi connectivity index (χ1) is 14.4. The van der Waals surface area contributed by atoms with Gasteiger partial charge in [-0.05, 0) is 49.4 Å². The summed E-state index contributed by atoms with van der Waals surface area (Å²) in [4.78, 5) is 23.7. The van der Waals surface area contributed by atoms with E-state index < -0.39 is 45.3 Å². The van der Waals surface area contributed by atoms with E-state index in [-0.39, 0.29) is 23.4 Å². The van der Waals surface area contributed by atoms with Gasteiger partial charge in [0, 0.05) is 12.1 Å². The van der Waals surface area contributed by atoms with E-state index >= 15 is 0 Å². The smallest absolute Gasteiger partial charge is 0.417 e. The number of benzene rings is 2. The Morgan fingerprint density at radius 1 is 1.10 bits per heavy atom. The number of hydrogen-bond donors (Lipinski definition) is 2. The molecular formula is C19H18ClF3N2O5S. The van der Waals surface area contributed by atoms with Gasteiger partial charge < -0.3 is 10.1 Å². The molecule has 0 saturated heterocycles. The lowest BCUT2D eigenvalue weighted by Gasteiger charge is -2.12. The average molecular weight is 479 g/mol. The highest BCUT2D eigenvalue weighted by Gasteiger charge is 2.33. The van der Waals surface area contributed by atoms with E-state index in [9.17, 15) is 31.2 Å². The number of esters is 1. The molecule has 0 bridgehead atoms. The molecule has 0 heterocycles. The number of alkyl halides is 3. The summed E-state index contributed by atoms with van der Waals surface area (Å²) in [6.07, 6.45) is -4.52. The van der Waals surface area contributed by atoms with Gasteiger partial charge in [0.05, 0.1) is 15.5 Å². The molecule has 0 aliphatic heterocycles. The fourth-order valence-corrected chi connectivity index (χ4v) is 3.39. The van der Waals surface area contributed by atoms with E-state index in [2.05, 4.69) is 10.0 Å². The minimum absolute atomic E-state index is 0.0777. The van der Waals surface area contributed by atoms with Crippen LogP contribution in [0.25, 0.3) is 0 Å². The van der Waals surface area contributed by atoms with Crippen LogP contribution in [-0.2, 0) is 36.9 Å². The van der Waals surface area contributed by atoms with Gasteiger partial charge >= 0.3 is 12.1 Å². The van der Waals surface area contributed by atoms with Gasteiger partial charge in [-0.2, -0.15) is 13.2 Å². The monoisotopic (exact) mass is 478 g/mol. The molecular weight excluding hydrogens is 461 g/mol. The van der Waals surface area contributed by atoms with Gasteiger partial charge in [0.25, 0.3) is 5.91 Å². The minimum Gasteiger partial charge on any atom is -0.456 e. The van der Waals surface area contributed by atoms with Gasteiger partial charge in [0.2, 0.25) is 10.0 Å². The highest BCUT2D eigenvalue weighted by molar-refractivity contribution is 7.89. The third-order valence-corrected chi connectivity index (χ3v) is 5.80. The molecule has 0 unspecified atom stereocenters. The molecule has 0 aliphatic rings. The predicted molar refractivity (Wildman–Crippen MR) is 107 cm³/mol. The first-order valence-electron chi connectivity index (χ1n) is 8.77. The Hall–Kier alpha value is -2.63. The predicted octanol–water partition coefficient (Wildman–Crippen LogP) is 3.38. The van der Waals surface area contributed by atoms with Crippen molar-refractivity contribution in [1.29, 1.82) is 0 Å². The van der Waals surface area contributed by atoms with E-state index in [1.807, 2.05) is 0 Å². The third-order valence-electron chi connectivity index (χ3n) is 4.04. The molecule has 0 saturated carbocycles. The number of aryl methyl sites for hydroxylation is 1. The number of sulfonamides is 1. The second kappa shape index (κ2) is 10.1. The Morgan fingerprint density at radius 3 is 2.32 bits per heavy atom. The molecule has 0 aromatic heterocycles. The van der Waals surface area contributed by atoms with Crippen LogP contribution >= 0.6 is 11.6 Å². The number of ether oxygens (including phenoxy) is 1. The maximum absolute atomic E-state index is 12.8.